The molecule has 6 heteroatoms. The number of aliphatic hydroxyl groups excluding tert-OH is 1. The van der Waals surface area contributed by atoms with Gasteiger partial charge < -0.3 is 9.84 Å². The Morgan fingerprint density at radius 1 is 1.32 bits per heavy atom. The average molecular weight is 281 g/mol. The summed E-state index contributed by atoms with van der Waals surface area (Å²) in [5.74, 6) is 0.849. The third kappa shape index (κ3) is 3.81. The first-order valence-electron chi connectivity index (χ1n) is 5.74. The summed E-state index contributed by atoms with van der Waals surface area (Å²) >= 11 is 5.77. The van der Waals surface area contributed by atoms with Gasteiger partial charge in [-0.3, -0.25) is 4.79 Å². The molecule has 100 valence electrons. The van der Waals surface area contributed by atoms with Gasteiger partial charge in [-0.05, 0) is 31.2 Å². The van der Waals surface area contributed by atoms with Gasteiger partial charge in [0.15, 0.2) is 0 Å². The lowest BCUT2D eigenvalue weighted by Crippen LogP contribution is -2.26. The van der Waals surface area contributed by atoms with Crippen LogP contribution < -0.4 is 10.3 Å². The molecule has 0 spiro atoms. The zero-order chi connectivity index (χ0) is 13.8. The molecular formula is C13H13ClN2O3. The second-order valence-corrected chi connectivity index (χ2v) is 4.53. The van der Waals surface area contributed by atoms with Crippen LogP contribution in [0.1, 0.15) is 6.92 Å². The van der Waals surface area contributed by atoms with Crippen molar-refractivity contribution in [1.29, 1.82) is 0 Å². The normalized spacial score (nSPS) is 12.2. The van der Waals surface area contributed by atoms with Crippen LogP contribution in [0.2, 0.25) is 5.02 Å². The molecule has 0 radical (unpaired) electrons. The number of ether oxygens (including phenoxy) is 1. The fourth-order valence-corrected chi connectivity index (χ4v) is 1.62. The minimum Gasteiger partial charge on any atom is -0.438 e. The smallest absolute Gasteiger partial charge is 0.267 e. The molecule has 0 aliphatic heterocycles. The molecule has 0 aliphatic carbocycles. The number of benzene rings is 1. The molecule has 1 aromatic carbocycles. The van der Waals surface area contributed by atoms with Gasteiger partial charge in [0.05, 0.1) is 12.6 Å². The van der Waals surface area contributed by atoms with Crippen molar-refractivity contribution in [3.05, 3.63) is 51.8 Å². The van der Waals surface area contributed by atoms with Gasteiger partial charge in [0.25, 0.3) is 5.56 Å². The van der Waals surface area contributed by atoms with Crippen LogP contribution in [0.5, 0.6) is 11.6 Å². The predicted molar refractivity (Wildman–Crippen MR) is 71.7 cm³/mol. The molecule has 0 fully saturated rings. The van der Waals surface area contributed by atoms with E-state index >= 15 is 0 Å². The molecule has 1 aromatic heterocycles. The predicted octanol–water partition coefficient (Wildman–Crippen LogP) is 2.07. The summed E-state index contributed by atoms with van der Waals surface area (Å²) in [5, 5.41) is 13.9. The molecule has 1 N–H and O–H groups in total. The van der Waals surface area contributed by atoms with E-state index in [0.717, 1.165) is 4.68 Å². The van der Waals surface area contributed by atoms with E-state index in [2.05, 4.69) is 5.10 Å². The molecular weight excluding hydrogens is 268 g/mol. The number of aromatic nitrogens is 2. The first kappa shape index (κ1) is 13.6. The Kier molecular flexibility index (Phi) is 4.19. The molecule has 1 heterocycles. The molecule has 0 bridgehead atoms. The van der Waals surface area contributed by atoms with Crippen molar-refractivity contribution in [2.45, 2.75) is 19.6 Å². The Labute approximate surface area is 115 Å². The summed E-state index contributed by atoms with van der Waals surface area (Å²) in [6.45, 7) is 1.71. The first-order valence-corrected chi connectivity index (χ1v) is 6.12. The second kappa shape index (κ2) is 5.86. The van der Waals surface area contributed by atoms with Gasteiger partial charge in [-0.15, -0.1) is 5.10 Å². The van der Waals surface area contributed by atoms with E-state index in [1.54, 1.807) is 31.2 Å². The summed E-state index contributed by atoms with van der Waals surface area (Å²) in [4.78, 5) is 11.5. The van der Waals surface area contributed by atoms with Crippen LogP contribution >= 0.6 is 11.6 Å². The lowest BCUT2D eigenvalue weighted by molar-refractivity contribution is 0.165. The standard InChI is InChI=1S/C13H13ClN2O3/c1-9(17)8-16-13(18)7-6-12(15-16)19-11-4-2-10(14)3-5-11/h2-7,9,17H,8H2,1H3/t9-/m0/s1. The SMILES string of the molecule is C[C@H](O)Cn1nc(Oc2ccc(Cl)cc2)ccc1=O. The molecule has 0 unspecified atom stereocenters. The molecule has 19 heavy (non-hydrogen) atoms. The van der Waals surface area contributed by atoms with Crippen LogP contribution in [-0.4, -0.2) is 21.0 Å². The van der Waals surface area contributed by atoms with E-state index in [-0.39, 0.29) is 18.0 Å². The van der Waals surface area contributed by atoms with Crippen molar-refractivity contribution in [2.24, 2.45) is 0 Å². The van der Waals surface area contributed by atoms with Gasteiger partial charge in [-0.1, -0.05) is 11.6 Å². The highest BCUT2D eigenvalue weighted by Gasteiger charge is 2.05. The monoisotopic (exact) mass is 280 g/mol. The fourth-order valence-electron chi connectivity index (χ4n) is 1.49. The fraction of sp³-hybridized carbons (Fsp3) is 0.231. The van der Waals surface area contributed by atoms with E-state index in [1.807, 2.05) is 0 Å². The molecule has 0 amide bonds. The zero-order valence-electron chi connectivity index (χ0n) is 10.3. The van der Waals surface area contributed by atoms with E-state index < -0.39 is 6.10 Å². The maximum atomic E-state index is 11.5. The number of rotatable bonds is 4. The van der Waals surface area contributed by atoms with Crippen LogP contribution in [0, 0.1) is 0 Å². The van der Waals surface area contributed by atoms with Crippen molar-refractivity contribution in [1.82, 2.24) is 9.78 Å². The van der Waals surface area contributed by atoms with Gasteiger partial charge >= 0.3 is 0 Å². The van der Waals surface area contributed by atoms with Crippen molar-refractivity contribution < 1.29 is 9.84 Å². The van der Waals surface area contributed by atoms with E-state index in [1.165, 1.54) is 12.1 Å². The van der Waals surface area contributed by atoms with Crippen LogP contribution in [0.25, 0.3) is 0 Å². The Morgan fingerprint density at radius 2 is 2.00 bits per heavy atom. The minimum atomic E-state index is -0.656. The van der Waals surface area contributed by atoms with Crippen LogP contribution in [0.3, 0.4) is 0 Å². The van der Waals surface area contributed by atoms with Gasteiger partial charge in [-0.25, -0.2) is 4.68 Å². The van der Waals surface area contributed by atoms with Crippen LogP contribution in [0.4, 0.5) is 0 Å². The Bertz CT molecular complexity index is 608. The van der Waals surface area contributed by atoms with Crippen molar-refractivity contribution in [3.8, 4) is 11.6 Å². The van der Waals surface area contributed by atoms with Gasteiger partial charge in [0.1, 0.15) is 5.75 Å². The number of hydrogen-bond acceptors (Lipinski definition) is 4. The van der Waals surface area contributed by atoms with Gasteiger partial charge in [0.2, 0.25) is 5.88 Å². The topological polar surface area (TPSA) is 64.3 Å². The number of hydrogen-bond donors (Lipinski definition) is 1. The molecule has 2 aromatic rings. The van der Waals surface area contributed by atoms with Crippen molar-refractivity contribution in [2.75, 3.05) is 0 Å². The summed E-state index contributed by atoms with van der Waals surface area (Å²) in [7, 11) is 0. The van der Waals surface area contributed by atoms with E-state index in [9.17, 15) is 9.90 Å². The molecule has 0 saturated heterocycles. The highest BCUT2D eigenvalue weighted by molar-refractivity contribution is 6.30. The summed E-state index contributed by atoms with van der Waals surface area (Å²) in [6, 6.07) is 9.63. The van der Waals surface area contributed by atoms with Crippen LogP contribution in [-0.2, 0) is 6.54 Å². The lowest BCUT2D eigenvalue weighted by Gasteiger charge is -2.09. The van der Waals surface area contributed by atoms with Gasteiger partial charge in [-0.2, -0.15) is 0 Å². The zero-order valence-corrected chi connectivity index (χ0v) is 11.0. The highest BCUT2D eigenvalue weighted by Crippen LogP contribution is 2.20. The Morgan fingerprint density at radius 3 is 2.63 bits per heavy atom. The largest absolute Gasteiger partial charge is 0.438 e. The number of halogens is 1. The molecule has 0 saturated carbocycles. The average Bonchev–Trinajstić information content (AvgIpc) is 2.36. The maximum absolute atomic E-state index is 11.5. The summed E-state index contributed by atoms with van der Waals surface area (Å²) in [5.41, 5.74) is -0.288. The van der Waals surface area contributed by atoms with E-state index in [4.69, 9.17) is 16.3 Å². The minimum absolute atomic E-state index is 0.122. The number of nitrogens with zero attached hydrogens (tertiary/aromatic N) is 2. The third-order valence-corrected chi connectivity index (χ3v) is 2.57. The molecule has 5 nitrogen and oxygen atoms in total. The molecule has 2 rings (SSSR count). The Balaban J connectivity index is 2.21. The van der Waals surface area contributed by atoms with E-state index in [0.29, 0.717) is 10.8 Å². The first-order chi connectivity index (χ1) is 9.04. The quantitative estimate of drug-likeness (QED) is 0.931. The number of aliphatic hydroxyl groups is 1. The van der Waals surface area contributed by atoms with Crippen molar-refractivity contribution in [3.63, 3.8) is 0 Å². The summed E-state index contributed by atoms with van der Waals surface area (Å²) in [6.07, 6.45) is -0.656. The van der Waals surface area contributed by atoms with Crippen LogP contribution in [0.15, 0.2) is 41.2 Å². The maximum Gasteiger partial charge on any atom is 0.267 e. The third-order valence-electron chi connectivity index (χ3n) is 2.32. The molecule has 1 atom stereocenters. The van der Waals surface area contributed by atoms with Crippen molar-refractivity contribution >= 4 is 11.6 Å². The lowest BCUT2D eigenvalue weighted by atomic mass is 10.3. The highest BCUT2D eigenvalue weighted by atomic mass is 35.5. The van der Waals surface area contributed by atoms with Gasteiger partial charge in [0, 0.05) is 17.2 Å². The summed E-state index contributed by atoms with van der Waals surface area (Å²) < 4.78 is 6.66. The second-order valence-electron chi connectivity index (χ2n) is 4.10. The molecule has 0 aliphatic rings. The Hall–Kier alpha value is -1.85.